The van der Waals surface area contributed by atoms with Crippen LogP contribution in [0.25, 0.3) is 5.65 Å². The van der Waals surface area contributed by atoms with Gasteiger partial charge in [-0.1, -0.05) is 18.2 Å². The molecule has 3 aromatic rings. The van der Waals surface area contributed by atoms with Crippen LogP contribution in [0.3, 0.4) is 0 Å². The largest absolute Gasteiger partial charge is 0.378 e. The van der Waals surface area contributed by atoms with Gasteiger partial charge in [0.1, 0.15) is 11.3 Å². The van der Waals surface area contributed by atoms with Crippen molar-refractivity contribution in [1.82, 2.24) is 14.7 Å². The molecule has 1 aliphatic heterocycles. The number of carbonyl (C=O) groups is 1. The first-order valence-corrected chi connectivity index (χ1v) is 8.86. The van der Waals surface area contributed by atoms with Gasteiger partial charge in [-0.3, -0.25) is 9.20 Å². The van der Waals surface area contributed by atoms with Crippen molar-refractivity contribution in [3.8, 4) is 0 Å². The minimum Gasteiger partial charge on any atom is -0.378 e. The average molecular weight is 350 g/mol. The molecule has 0 unspecified atom stereocenters. The molecule has 6 nitrogen and oxygen atoms in total. The Morgan fingerprint density at radius 2 is 1.92 bits per heavy atom. The molecule has 1 fully saturated rings. The van der Waals surface area contributed by atoms with Crippen molar-refractivity contribution < 1.29 is 9.53 Å². The van der Waals surface area contributed by atoms with Crippen LogP contribution in [0.5, 0.6) is 0 Å². The molecule has 0 radical (unpaired) electrons. The lowest BCUT2D eigenvalue weighted by atomic mass is 10.2. The number of carbonyl (C=O) groups excluding carboxylic acids is 1. The molecule has 2 aromatic heterocycles. The quantitative estimate of drug-likeness (QED) is 0.785. The number of imidazole rings is 1. The lowest BCUT2D eigenvalue weighted by molar-refractivity contribution is 0.0944. The summed E-state index contributed by atoms with van der Waals surface area (Å²) in [7, 11) is 0. The lowest BCUT2D eigenvalue weighted by Gasteiger charge is -2.28. The highest BCUT2D eigenvalue weighted by atomic mass is 16.5. The molecule has 1 saturated heterocycles. The van der Waals surface area contributed by atoms with E-state index in [0.717, 1.165) is 43.2 Å². The Labute approximate surface area is 152 Å². The van der Waals surface area contributed by atoms with Crippen LogP contribution in [0, 0.1) is 6.92 Å². The number of morpholine rings is 1. The maximum absolute atomic E-state index is 12.6. The maximum Gasteiger partial charge on any atom is 0.270 e. The van der Waals surface area contributed by atoms with Gasteiger partial charge in [-0.15, -0.1) is 0 Å². The first kappa shape index (κ1) is 16.6. The SMILES string of the molecule is Cc1nc2ccccn2c1C(=O)NCc1ccc(N2CCOCC2)cc1. The number of amides is 1. The first-order chi connectivity index (χ1) is 12.7. The Morgan fingerprint density at radius 3 is 2.69 bits per heavy atom. The van der Waals surface area contributed by atoms with E-state index in [-0.39, 0.29) is 5.91 Å². The van der Waals surface area contributed by atoms with E-state index in [1.165, 1.54) is 5.69 Å². The van der Waals surface area contributed by atoms with Gasteiger partial charge in [0.05, 0.1) is 18.9 Å². The van der Waals surface area contributed by atoms with E-state index < -0.39 is 0 Å². The maximum atomic E-state index is 12.6. The molecule has 6 heteroatoms. The molecule has 0 saturated carbocycles. The zero-order chi connectivity index (χ0) is 17.9. The number of ether oxygens (including phenoxy) is 1. The Bertz CT molecular complexity index is 911. The Kier molecular flexibility index (Phi) is 4.58. The van der Waals surface area contributed by atoms with Crippen LogP contribution in [0.2, 0.25) is 0 Å². The molecule has 3 heterocycles. The molecule has 26 heavy (non-hydrogen) atoms. The summed E-state index contributed by atoms with van der Waals surface area (Å²) in [6, 6.07) is 14.0. The van der Waals surface area contributed by atoms with Gasteiger partial charge in [0.15, 0.2) is 0 Å². The molecular weight excluding hydrogens is 328 g/mol. The fraction of sp³-hybridized carbons (Fsp3) is 0.300. The summed E-state index contributed by atoms with van der Waals surface area (Å²) in [6.07, 6.45) is 1.86. The molecule has 134 valence electrons. The highest BCUT2D eigenvalue weighted by Gasteiger charge is 2.16. The fourth-order valence-corrected chi connectivity index (χ4v) is 3.30. The van der Waals surface area contributed by atoms with Gasteiger partial charge in [0.25, 0.3) is 5.91 Å². The van der Waals surface area contributed by atoms with Gasteiger partial charge in [0.2, 0.25) is 0 Å². The van der Waals surface area contributed by atoms with Crippen molar-refractivity contribution in [3.05, 3.63) is 65.6 Å². The third kappa shape index (κ3) is 3.28. The average Bonchev–Trinajstić information content (AvgIpc) is 3.03. The van der Waals surface area contributed by atoms with Crippen molar-refractivity contribution >= 4 is 17.2 Å². The highest BCUT2D eigenvalue weighted by Crippen LogP contribution is 2.17. The molecule has 1 aliphatic rings. The third-order valence-electron chi connectivity index (χ3n) is 4.68. The van der Waals surface area contributed by atoms with Crippen molar-refractivity contribution in [2.45, 2.75) is 13.5 Å². The summed E-state index contributed by atoms with van der Waals surface area (Å²) < 4.78 is 7.21. The van der Waals surface area contributed by atoms with Crippen LogP contribution in [-0.4, -0.2) is 41.6 Å². The van der Waals surface area contributed by atoms with E-state index in [1.807, 2.05) is 35.7 Å². The number of aryl methyl sites for hydroxylation is 1. The Balaban J connectivity index is 1.43. The van der Waals surface area contributed by atoms with E-state index in [0.29, 0.717) is 12.2 Å². The van der Waals surface area contributed by atoms with Crippen molar-refractivity contribution in [2.75, 3.05) is 31.2 Å². The zero-order valence-electron chi connectivity index (χ0n) is 14.8. The lowest BCUT2D eigenvalue weighted by Crippen LogP contribution is -2.36. The summed E-state index contributed by atoms with van der Waals surface area (Å²) >= 11 is 0. The van der Waals surface area contributed by atoms with Crippen LogP contribution in [0.4, 0.5) is 5.69 Å². The molecule has 4 rings (SSSR count). The van der Waals surface area contributed by atoms with E-state index >= 15 is 0 Å². The second kappa shape index (κ2) is 7.17. The number of rotatable bonds is 4. The molecule has 0 aliphatic carbocycles. The minimum atomic E-state index is -0.113. The van der Waals surface area contributed by atoms with Crippen molar-refractivity contribution in [3.63, 3.8) is 0 Å². The Morgan fingerprint density at radius 1 is 1.15 bits per heavy atom. The van der Waals surface area contributed by atoms with Crippen LogP contribution < -0.4 is 10.2 Å². The first-order valence-electron chi connectivity index (χ1n) is 8.86. The summed E-state index contributed by atoms with van der Waals surface area (Å²) in [5, 5.41) is 3.00. The molecule has 0 spiro atoms. The minimum absolute atomic E-state index is 0.113. The van der Waals surface area contributed by atoms with Crippen molar-refractivity contribution in [2.24, 2.45) is 0 Å². The van der Waals surface area contributed by atoms with Crippen LogP contribution in [0.1, 0.15) is 21.7 Å². The molecule has 1 aromatic carbocycles. The number of fused-ring (bicyclic) bond motifs is 1. The van der Waals surface area contributed by atoms with Crippen molar-refractivity contribution in [1.29, 1.82) is 0 Å². The van der Waals surface area contributed by atoms with Gasteiger partial charge in [-0.2, -0.15) is 0 Å². The fourth-order valence-electron chi connectivity index (χ4n) is 3.30. The molecule has 1 amide bonds. The smallest absolute Gasteiger partial charge is 0.270 e. The van der Waals surface area contributed by atoms with Gasteiger partial charge < -0.3 is 15.0 Å². The number of aromatic nitrogens is 2. The highest BCUT2D eigenvalue weighted by molar-refractivity contribution is 5.94. The number of pyridine rings is 1. The number of nitrogens with one attached hydrogen (secondary N) is 1. The topological polar surface area (TPSA) is 58.9 Å². The normalized spacial score (nSPS) is 14.6. The van der Waals surface area contributed by atoms with Crippen LogP contribution >= 0.6 is 0 Å². The number of anilines is 1. The second-order valence-electron chi connectivity index (χ2n) is 6.42. The summed E-state index contributed by atoms with van der Waals surface area (Å²) in [5.41, 5.74) is 4.37. The van der Waals surface area contributed by atoms with E-state index in [1.54, 1.807) is 0 Å². The van der Waals surface area contributed by atoms with Gasteiger partial charge in [0, 0.05) is 31.5 Å². The van der Waals surface area contributed by atoms with Gasteiger partial charge >= 0.3 is 0 Å². The van der Waals surface area contributed by atoms with Gasteiger partial charge in [-0.05, 0) is 36.8 Å². The number of hydrogen-bond donors (Lipinski definition) is 1. The second-order valence-corrected chi connectivity index (χ2v) is 6.42. The van der Waals surface area contributed by atoms with Crippen LogP contribution in [0.15, 0.2) is 48.7 Å². The molecular formula is C20H22N4O2. The monoisotopic (exact) mass is 350 g/mol. The van der Waals surface area contributed by atoms with E-state index in [4.69, 9.17) is 4.74 Å². The number of nitrogens with zero attached hydrogens (tertiary/aromatic N) is 3. The Hall–Kier alpha value is -2.86. The summed E-state index contributed by atoms with van der Waals surface area (Å²) in [4.78, 5) is 19.4. The summed E-state index contributed by atoms with van der Waals surface area (Å²) in [6.45, 7) is 5.74. The summed E-state index contributed by atoms with van der Waals surface area (Å²) in [5.74, 6) is -0.113. The number of hydrogen-bond acceptors (Lipinski definition) is 4. The molecule has 0 atom stereocenters. The molecule has 1 N–H and O–H groups in total. The van der Waals surface area contributed by atoms with Gasteiger partial charge in [-0.25, -0.2) is 4.98 Å². The van der Waals surface area contributed by atoms with Crippen LogP contribution in [-0.2, 0) is 11.3 Å². The predicted octanol–water partition coefficient (Wildman–Crippen LogP) is 2.41. The zero-order valence-corrected chi connectivity index (χ0v) is 14.8. The predicted molar refractivity (Wildman–Crippen MR) is 101 cm³/mol. The standard InChI is InChI=1S/C20H22N4O2/c1-15-19(24-9-3-2-4-18(24)22-15)20(25)21-14-16-5-7-17(8-6-16)23-10-12-26-13-11-23/h2-9H,10-14H2,1H3,(H,21,25). The molecule has 0 bridgehead atoms. The number of benzene rings is 1. The van der Waals surface area contributed by atoms with E-state index in [2.05, 4.69) is 39.5 Å². The third-order valence-corrected chi connectivity index (χ3v) is 4.68. The van der Waals surface area contributed by atoms with E-state index in [9.17, 15) is 4.79 Å².